The molecule has 2 atom stereocenters. The molecule has 0 rings (SSSR count). The smallest absolute Gasteiger partial charge is 0.229 e. The largest absolute Gasteiger partial charge is 0.393 e. The van der Waals surface area contributed by atoms with E-state index in [2.05, 4.69) is 19.2 Å². The minimum absolute atomic E-state index is 0.0253. The van der Waals surface area contributed by atoms with Gasteiger partial charge in [-0.25, -0.2) is 0 Å². The topological polar surface area (TPSA) is 86.6 Å². The van der Waals surface area contributed by atoms with Gasteiger partial charge in [-0.3, -0.25) is 14.9 Å². The second-order valence-electron chi connectivity index (χ2n) is 10.6. The summed E-state index contributed by atoms with van der Waals surface area (Å²) in [6.45, 7) is 4.42. The van der Waals surface area contributed by atoms with Crippen LogP contribution in [0, 0.1) is 0 Å². The van der Waals surface area contributed by atoms with Crippen molar-refractivity contribution < 1.29 is 19.8 Å². The molecule has 2 amide bonds. The van der Waals surface area contributed by atoms with Gasteiger partial charge in [0.05, 0.1) is 18.6 Å². The second-order valence-corrected chi connectivity index (χ2v) is 10.6. The van der Waals surface area contributed by atoms with E-state index in [1.807, 2.05) is 0 Å². The van der Waals surface area contributed by atoms with Crippen LogP contribution in [0.1, 0.15) is 168 Å². The Bertz CT molecular complexity index is 483. The number of hydrogen-bond acceptors (Lipinski definition) is 4. The van der Waals surface area contributed by atoms with Gasteiger partial charge in [-0.05, 0) is 25.7 Å². The average Bonchev–Trinajstić information content (AvgIpc) is 2.82. The molecule has 5 heteroatoms. The maximum Gasteiger partial charge on any atom is 0.229 e. The van der Waals surface area contributed by atoms with Crippen LogP contribution >= 0.6 is 0 Å². The summed E-state index contributed by atoms with van der Waals surface area (Å²) in [7, 11) is 0. The number of carbonyl (C=O) groups is 2. The number of imide groups is 1. The summed E-state index contributed by atoms with van der Waals surface area (Å²) in [6, 6.07) is 0. The first-order chi connectivity index (χ1) is 17.0. The number of rotatable bonds is 26. The monoisotopic (exact) mass is 497 g/mol. The summed E-state index contributed by atoms with van der Waals surface area (Å²) in [6.07, 6.45) is 24.3. The fourth-order valence-corrected chi connectivity index (χ4v) is 4.60. The lowest BCUT2D eigenvalue weighted by Crippen LogP contribution is -2.32. The van der Waals surface area contributed by atoms with Crippen molar-refractivity contribution in [1.82, 2.24) is 5.32 Å². The molecule has 0 aliphatic carbocycles. The Morgan fingerprint density at radius 2 is 0.886 bits per heavy atom. The van der Waals surface area contributed by atoms with Crippen molar-refractivity contribution in [2.75, 3.05) is 0 Å². The van der Waals surface area contributed by atoms with Gasteiger partial charge < -0.3 is 10.2 Å². The van der Waals surface area contributed by atoms with E-state index in [-0.39, 0.29) is 24.3 Å². The summed E-state index contributed by atoms with van der Waals surface area (Å²) < 4.78 is 0. The Labute approximate surface area is 217 Å². The highest BCUT2D eigenvalue weighted by Gasteiger charge is 2.13. The van der Waals surface area contributed by atoms with Gasteiger partial charge in [0.1, 0.15) is 0 Å². The molecule has 2 unspecified atom stereocenters. The molecule has 0 radical (unpaired) electrons. The fourth-order valence-electron chi connectivity index (χ4n) is 4.60. The number of nitrogens with one attached hydrogen (secondary N) is 1. The molecule has 0 saturated heterocycles. The zero-order chi connectivity index (χ0) is 26.0. The molecule has 208 valence electrons. The Morgan fingerprint density at radius 1 is 0.514 bits per heavy atom. The number of unbranched alkanes of at least 4 members (excludes halogenated alkanes) is 16. The number of aliphatic hydroxyl groups is 2. The first-order valence-corrected chi connectivity index (χ1v) is 15.2. The molecule has 0 spiro atoms. The van der Waals surface area contributed by atoms with Gasteiger partial charge in [-0.2, -0.15) is 0 Å². The summed E-state index contributed by atoms with van der Waals surface area (Å²) in [5, 5.41) is 22.4. The van der Waals surface area contributed by atoms with E-state index in [1.165, 1.54) is 77.0 Å². The highest BCUT2D eigenvalue weighted by molar-refractivity contribution is 5.95. The third kappa shape index (κ3) is 25.9. The molecule has 0 heterocycles. The summed E-state index contributed by atoms with van der Waals surface area (Å²) in [5.74, 6) is -0.567. The highest BCUT2D eigenvalue weighted by Crippen LogP contribution is 2.15. The van der Waals surface area contributed by atoms with E-state index in [9.17, 15) is 19.8 Å². The van der Waals surface area contributed by atoms with Crippen LogP contribution in [-0.4, -0.2) is 34.2 Å². The zero-order valence-corrected chi connectivity index (χ0v) is 23.3. The molecule has 3 N–H and O–H groups in total. The van der Waals surface area contributed by atoms with Crippen LogP contribution in [-0.2, 0) is 9.59 Å². The van der Waals surface area contributed by atoms with E-state index < -0.39 is 6.10 Å². The summed E-state index contributed by atoms with van der Waals surface area (Å²) in [5.41, 5.74) is 0. The minimum atomic E-state index is -0.646. The number of amides is 2. The Balaban J connectivity index is 3.47. The standard InChI is InChI=1S/C30H59NO4/c1-3-5-7-9-12-16-20-24-28(33)26-30(35)31-29(34)25-21-17-14-11-10-13-15-19-23-27(32)22-18-8-6-4-2/h27-28,32-33H,3-26H2,1-2H3,(H,31,34,35). The molecule has 0 fully saturated rings. The van der Waals surface area contributed by atoms with Gasteiger partial charge in [-0.15, -0.1) is 0 Å². The van der Waals surface area contributed by atoms with Crippen molar-refractivity contribution in [3.05, 3.63) is 0 Å². The molecule has 0 aromatic carbocycles. The molecule has 0 saturated carbocycles. The van der Waals surface area contributed by atoms with Gasteiger partial charge >= 0.3 is 0 Å². The summed E-state index contributed by atoms with van der Waals surface area (Å²) >= 11 is 0. The molecule has 35 heavy (non-hydrogen) atoms. The van der Waals surface area contributed by atoms with Gasteiger partial charge in [0, 0.05) is 6.42 Å². The van der Waals surface area contributed by atoms with Crippen molar-refractivity contribution in [3.63, 3.8) is 0 Å². The number of aliphatic hydroxyl groups excluding tert-OH is 2. The van der Waals surface area contributed by atoms with Crippen LogP contribution in [0.4, 0.5) is 0 Å². The van der Waals surface area contributed by atoms with E-state index in [4.69, 9.17) is 0 Å². The highest BCUT2D eigenvalue weighted by atomic mass is 16.3. The minimum Gasteiger partial charge on any atom is -0.393 e. The molecular formula is C30H59NO4. The molecule has 0 aliphatic rings. The maximum absolute atomic E-state index is 11.9. The van der Waals surface area contributed by atoms with Crippen LogP contribution in [0.2, 0.25) is 0 Å². The van der Waals surface area contributed by atoms with Gasteiger partial charge in [-0.1, -0.05) is 129 Å². The lowest BCUT2D eigenvalue weighted by atomic mass is 10.0. The number of hydrogen-bond donors (Lipinski definition) is 3. The molecule has 0 aliphatic heterocycles. The summed E-state index contributed by atoms with van der Waals surface area (Å²) in [4.78, 5) is 23.9. The first kappa shape index (κ1) is 34.1. The van der Waals surface area contributed by atoms with Crippen LogP contribution in [0.15, 0.2) is 0 Å². The molecule has 5 nitrogen and oxygen atoms in total. The van der Waals surface area contributed by atoms with Crippen LogP contribution < -0.4 is 5.32 Å². The third-order valence-electron chi connectivity index (χ3n) is 6.92. The third-order valence-corrected chi connectivity index (χ3v) is 6.92. The van der Waals surface area contributed by atoms with Gasteiger partial charge in [0.2, 0.25) is 11.8 Å². The van der Waals surface area contributed by atoms with Crippen molar-refractivity contribution in [1.29, 1.82) is 0 Å². The van der Waals surface area contributed by atoms with Gasteiger partial charge in [0.25, 0.3) is 0 Å². The molecule has 0 aromatic rings. The predicted molar refractivity (Wildman–Crippen MR) is 147 cm³/mol. The van der Waals surface area contributed by atoms with Crippen LogP contribution in [0.25, 0.3) is 0 Å². The quantitative estimate of drug-likeness (QED) is 0.107. The van der Waals surface area contributed by atoms with Gasteiger partial charge in [0.15, 0.2) is 0 Å². The number of carbonyl (C=O) groups excluding carboxylic acids is 2. The second kappa shape index (κ2) is 26.1. The Morgan fingerprint density at radius 3 is 1.37 bits per heavy atom. The van der Waals surface area contributed by atoms with Crippen molar-refractivity contribution in [2.24, 2.45) is 0 Å². The Kier molecular flexibility index (Phi) is 25.4. The maximum atomic E-state index is 11.9. The van der Waals surface area contributed by atoms with E-state index >= 15 is 0 Å². The van der Waals surface area contributed by atoms with E-state index in [1.54, 1.807) is 0 Å². The van der Waals surface area contributed by atoms with Crippen molar-refractivity contribution in [2.45, 2.75) is 180 Å². The Hall–Kier alpha value is -0.940. The zero-order valence-electron chi connectivity index (χ0n) is 23.3. The lowest BCUT2D eigenvalue weighted by Gasteiger charge is -2.10. The van der Waals surface area contributed by atoms with Crippen LogP contribution in [0.3, 0.4) is 0 Å². The average molecular weight is 498 g/mol. The van der Waals surface area contributed by atoms with E-state index in [0.29, 0.717) is 12.8 Å². The predicted octanol–water partition coefficient (Wildman–Crippen LogP) is 7.75. The molecule has 0 bridgehead atoms. The fraction of sp³-hybridized carbons (Fsp3) is 0.933. The lowest BCUT2D eigenvalue weighted by molar-refractivity contribution is -0.131. The molecular weight excluding hydrogens is 438 g/mol. The van der Waals surface area contributed by atoms with Crippen LogP contribution in [0.5, 0.6) is 0 Å². The SMILES string of the molecule is CCCCCCCCCC(O)CC(=O)NC(=O)CCCCCCCCCCC(O)CCCCCC. The first-order valence-electron chi connectivity index (χ1n) is 15.2. The molecule has 0 aromatic heterocycles. The van der Waals surface area contributed by atoms with Crippen molar-refractivity contribution in [3.8, 4) is 0 Å². The normalized spacial score (nSPS) is 13.0. The van der Waals surface area contributed by atoms with Crippen molar-refractivity contribution >= 4 is 11.8 Å². The van der Waals surface area contributed by atoms with E-state index in [0.717, 1.165) is 57.8 Å².